The number of hydrogen-bond donors (Lipinski definition) is 1. The van der Waals surface area contributed by atoms with Crippen LogP contribution in [0.15, 0.2) is 18.2 Å². The van der Waals surface area contributed by atoms with Crippen LogP contribution >= 0.6 is 0 Å². The van der Waals surface area contributed by atoms with Gasteiger partial charge < -0.3 is 5.11 Å². The quantitative estimate of drug-likeness (QED) is 0.880. The Kier molecular flexibility index (Phi) is 4.56. The van der Waals surface area contributed by atoms with E-state index in [1.165, 1.54) is 12.1 Å². The van der Waals surface area contributed by atoms with Gasteiger partial charge >= 0.3 is 0 Å². The summed E-state index contributed by atoms with van der Waals surface area (Å²) in [5, 5.41) is 10.3. The van der Waals surface area contributed by atoms with Crippen molar-refractivity contribution in [3.63, 3.8) is 0 Å². The van der Waals surface area contributed by atoms with Crippen molar-refractivity contribution >= 4 is 0 Å². The molecule has 1 aromatic rings. The van der Waals surface area contributed by atoms with Crippen molar-refractivity contribution < 1.29 is 13.9 Å². The van der Waals surface area contributed by atoms with E-state index in [4.69, 9.17) is 0 Å². The minimum absolute atomic E-state index is 0.248. The van der Waals surface area contributed by atoms with Gasteiger partial charge in [0.05, 0.1) is 6.10 Å². The maximum Gasteiger partial charge on any atom is 0.126 e. The van der Waals surface area contributed by atoms with Crippen LogP contribution in [0, 0.1) is 29.4 Å². The summed E-state index contributed by atoms with van der Waals surface area (Å²) in [6.45, 7) is 4.46. The largest absolute Gasteiger partial charge is 0.392 e. The van der Waals surface area contributed by atoms with Gasteiger partial charge in [0, 0.05) is 6.07 Å². The normalized spacial score (nSPS) is 29.2. The van der Waals surface area contributed by atoms with Gasteiger partial charge in [0.15, 0.2) is 0 Å². The first-order valence-electron chi connectivity index (χ1n) is 7.08. The molecule has 0 spiro atoms. The molecule has 1 saturated carbocycles. The van der Waals surface area contributed by atoms with Crippen molar-refractivity contribution in [2.45, 2.75) is 45.6 Å². The Morgan fingerprint density at radius 3 is 2.32 bits per heavy atom. The number of hydrogen-bond acceptors (Lipinski definition) is 1. The predicted octanol–water partition coefficient (Wildman–Crippen LogP) is 3.94. The molecule has 1 fully saturated rings. The summed E-state index contributed by atoms with van der Waals surface area (Å²) < 4.78 is 26.2. The molecule has 106 valence electrons. The van der Waals surface area contributed by atoms with Gasteiger partial charge in [-0.2, -0.15) is 0 Å². The van der Waals surface area contributed by atoms with Crippen molar-refractivity contribution in [2.75, 3.05) is 0 Å². The molecule has 1 aromatic carbocycles. The minimum atomic E-state index is -0.576. The third-order valence-electron chi connectivity index (χ3n) is 4.55. The van der Waals surface area contributed by atoms with Gasteiger partial charge in [-0.05, 0) is 54.7 Å². The molecule has 0 bridgehead atoms. The molecule has 2 rings (SSSR count). The Hall–Kier alpha value is -0.960. The Bertz CT molecular complexity index is 413. The molecular formula is C16H22F2O. The fourth-order valence-electron chi connectivity index (χ4n) is 3.08. The smallest absolute Gasteiger partial charge is 0.126 e. The lowest BCUT2D eigenvalue weighted by Crippen LogP contribution is -2.30. The molecule has 0 heterocycles. The second kappa shape index (κ2) is 6.00. The van der Waals surface area contributed by atoms with Crippen molar-refractivity contribution in [1.29, 1.82) is 0 Å². The van der Waals surface area contributed by atoms with E-state index in [-0.39, 0.29) is 5.92 Å². The Labute approximate surface area is 113 Å². The topological polar surface area (TPSA) is 20.2 Å². The molecular weight excluding hydrogens is 246 g/mol. The summed E-state index contributed by atoms with van der Waals surface area (Å²) in [4.78, 5) is 0. The first-order chi connectivity index (χ1) is 8.95. The standard InChI is InChI=1S/C16H22F2O/c1-10-3-4-13(5-11(10)2)16(19)8-12-6-14(17)9-15(18)7-12/h6-7,9-11,13,16,19H,3-5,8H2,1-2H3. The molecule has 1 aliphatic rings. The van der Waals surface area contributed by atoms with Crippen LogP contribution in [-0.2, 0) is 6.42 Å². The number of benzene rings is 1. The summed E-state index contributed by atoms with van der Waals surface area (Å²) in [5.41, 5.74) is 0.538. The Morgan fingerprint density at radius 1 is 1.11 bits per heavy atom. The monoisotopic (exact) mass is 268 g/mol. The van der Waals surface area contributed by atoms with Gasteiger partial charge in [0.2, 0.25) is 0 Å². The first-order valence-corrected chi connectivity index (χ1v) is 7.08. The van der Waals surface area contributed by atoms with Crippen LogP contribution in [0.4, 0.5) is 8.78 Å². The van der Waals surface area contributed by atoms with Crippen molar-refractivity contribution in [1.82, 2.24) is 0 Å². The van der Waals surface area contributed by atoms with Gasteiger partial charge in [-0.3, -0.25) is 0 Å². The van der Waals surface area contributed by atoms with E-state index in [1.54, 1.807) is 0 Å². The first kappa shape index (κ1) is 14.4. The molecule has 1 aliphatic carbocycles. The zero-order chi connectivity index (χ0) is 14.0. The highest BCUT2D eigenvalue weighted by atomic mass is 19.1. The fourth-order valence-corrected chi connectivity index (χ4v) is 3.08. The van der Waals surface area contributed by atoms with Crippen LogP contribution in [0.3, 0.4) is 0 Å². The van der Waals surface area contributed by atoms with Crippen LogP contribution in [0.1, 0.15) is 38.7 Å². The van der Waals surface area contributed by atoms with Crippen LogP contribution in [0.5, 0.6) is 0 Å². The molecule has 4 atom stereocenters. The number of rotatable bonds is 3. The molecule has 0 saturated heterocycles. The summed E-state index contributed by atoms with van der Waals surface area (Å²) in [7, 11) is 0. The SMILES string of the molecule is CC1CCC(C(O)Cc2cc(F)cc(F)c2)CC1C. The second-order valence-corrected chi connectivity index (χ2v) is 6.08. The Morgan fingerprint density at radius 2 is 1.74 bits per heavy atom. The lowest BCUT2D eigenvalue weighted by molar-refractivity contribution is 0.0569. The number of aliphatic hydroxyl groups excluding tert-OH is 1. The number of aliphatic hydroxyl groups is 1. The van der Waals surface area contributed by atoms with Crippen LogP contribution in [0.25, 0.3) is 0 Å². The fraction of sp³-hybridized carbons (Fsp3) is 0.625. The van der Waals surface area contributed by atoms with E-state index in [1.807, 2.05) is 0 Å². The van der Waals surface area contributed by atoms with Gasteiger partial charge in [0.25, 0.3) is 0 Å². The highest BCUT2D eigenvalue weighted by Gasteiger charge is 2.29. The molecule has 3 heteroatoms. The number of halogens is 2. The van der Waals surface area contributed by atoms with E-state index in [0.29, 0.717) is 23.8 Å². The van der Waals surface area contributed by atoms with Crippen LogP contribution < -0.4 is 0 Å². The van der Waals surface area contributed by atoms with Crippen molar-refractivity contribution in [3.05, 3.63) is 35.4 Å². The van der Waals surface area contributed by atoms with Gasteiger partial charge in [-0.1, -0.05) is 20.3 Å². The maximum atomic E-state index is 13.1. The zero-order valence-corrected chi connectivity index (χ0v) is 11.6. The lowest BCUT2D eigenvalue weighted by atomic mass is 9.73. The molecule has 0 aromatic heterocycles. The van der Waals surface area contributed by atoms with Crippen LogP contribution in [0.2, 0.25) is 0 Å². The molecule has 4 unspecified atom stereocenters. The second-order valence-electron chi connectivity index (χ2n) is 6.08. The summed E-state index contributed by atoms with van der Waals surface area (Å²) in [6, 6.07) is 3.47. The van der Waals surface area contributed by atoms with Gasteiger partial charge in [-0.15, -0.1) is 0 Å². The van der Waals surface area contributed by atoms with Crippen molar-refractivity contribution in [2.24, 2.45) is 17.8 Å². The van der Waals surface area contributed by atoms with E-state index < -0.39 is 17.7 Å². The summed E-state index contributed by atoms with van der Waals surface area (Å²) in [5.74, 6) is 0.408. The van der Waals surface area contributed by atoms with E-state index in [9.17, 15) is 13.9 Å². The molecule has 19 heavy (non-hydrogen) atoms. The lowest BCUT2D eigenvalue weighted by Gasteiger charge is -2.34. The summed E-state index contributed by atoms with van der Waals surface area (Å²) in [6.07, 6.45) is 2.96. The summed E-state index contributed by atoms with van der Waals surface area (Å²) >= 11 is 0. The zero-order valence-electron chi connectivity index (χ0n) is 11.6. The predicted molar refractivity (Wildman–Crippen MR) is 71.7 cm³/mol. The highest BCUT2D eigenvalue weighted by Crippen LogP contribution is 2.35. The third kappa shape index (κ3) is 3.75. The van der Waals surface area contributed by atoms with Crippen molar-refractivity contribution in [3.8, 4) is 0 Å². The molecule has 0 amide bonds. The third-order valence-corrected chi connectivity index (χ3v) is 4.55. The highest BCUT2D eigenvalue weighted by molar-refractivity contribution is 5.18. The van der Waals surface area contributed by atoms with Gasteiger partial charge in [-0.25, -0.2) is 8.78 Å². The average molecular weight is 268 g/mol. The molecule has 0 radical (unpaired) electrons. The Balaban J connectivity index is 1.98. The van der Waals surface area contributed by atoms with E-state index >= 15 is 0 Å². The van der Waals surface area contributed by atoms with E-state index in [2.05, 4.69) is 13.8 Å². The average Bonchev–Trinajstić information content (AvgIpc) is 2.31. The minimum Gasteiger partial charge on any atom is -0.392 e. The van der Waals surface area contributed by atoms with E-state index in [0.717, 1.165) is 25.3 Å². The molecule has 1 nitrogen and oxygen atoms in total. The van der Waals surface area contributed by atoms with Gasteiger partial charge in [0.1, 0.15) is 11.6 Å². The molecule has 1 N–H and O–H groups in total. The maximum absolute atomic E-state index is 13.1. The van der Waals surface area contributed by atoms with Crippen LogP contribution in [-0.4, -0.2) is 11.2 Å². The molecule has 0 aliphatic heterocycles.